The number of anilines is 1. The van der Waals surface area contributed by atoms with Gasteiger partial charge in [-0.2, -0.15) is 5.10 Å². The molecule has 0 radical (unpaired) electrons. The first kappa shape index (κ1) is 23.3. The van der Waals surface area contributed by atoms with Crippen molar-refractivity contribution in [2.45, 2.75) is 38.6 Å². The summed E-state index contributed by atoms with van der Waals surface area (Å²) in [5.41, 5.74) is 6.22. The third kappa shape index (κ3) is 5.04. The topological polar surface area (TPSA) is 40.1 Å². The van der Waals surface area contributed by atoms with Gasteiger partial charge in [-0.3, -0.25) is 5.01 Å². The van der Waals surface area contributed by atoms with E-state index in [1.54, 1.807) is 13.2 Å². The fraction of sp³-hybridized carbons (Fsp3) is 0.417. The highest BCUT2D eigenvalue weighted by molar-refractivity contribution is 7.82. The first-order chi connectivity index (χ1) is 15.5. The van der Waals surface area contributed by atoms with E-state index < -0.39 is 0 Å². The molecule has 5 nitrogen and oxygen atoms in total. The fourth-order valence-corrected chi connectivity index (χ4v) is 5.22. The number of thiocarbonyl (C=S) groups is 1. The molecule has 1 N–H and O–H groups in total. The van der Waals surface area contributed by atoms with Crippen LogP contribution >= 0.6 is 35.4 Å². The molecule has 2 aliphatic heterocycles. The van der Waals surface area contributed by atoms with Gasteiger partial charge < -0.3 is 10.2 Å². The number of hydrogen-bond acceptors (Lipinski definition) is 5. The lowest BCUT2D eigenvalue weighted by Gasteiger charge is -2.28. The molecule has 1 fully saturated rings. The van der Waals surface area contributed by atoms with Crippen LogP contribution in [0.25, 0.3) is 0 Å². The van der Waals surface area contributed by atoms with Crippen molar-refractivity contribution in [1.82, 2.24) is 10.4 Å². The predicted molar refractivity (Wildman–Crippen MR) is 137 cm³/mol. The number of hydrazine groups is 1. The highest BCUT2D eigenvalue weighted by atomic mass is 35.5. The number of hydrogen-bond donors (Lipinski definition) is 1. The minimum atomic E-state index is -0.0570. The highest BCUT2D eigenvalue weighted by Crippen LogP contribution is 2.42. The quantitative estimate of drug-likeness (QED) is 0.500. The second-order valence-electron chi connectivity index (χ2n) is 8.27. The lowest BCUT2D eigenvalue weighted by atomic mass is 9.91. The number of nitrogens with one attached hydrogen (secondary N) is 1. The summed E-state index contributed by atoms with van der Waals surface area (Å²) in [7, 11) is 1.67. The number of benzene rings is 2. The van der Waals surface area contributed by atoms with E-state index in [9.17, 15) is 0 Å². The Hall–Kier alpha value is -1.86. The predicted octanol–water partition coefficient (Wildman–Crippen LogP) is 6.26. The Labute approximate surface area is 205 Å². The van der Waals surface area contributed by atoms with Gasteiger partial charge in [0.1, 0.15) is 16.4 Å². The Kier molecular flexibility index (Phi) is 7.56. The number of ether oxygens (including phenoxy) is 1. The second kappa shape index (κ2) is 10.4. The van der Waals surface area contributed by atoms with Crippen molar-refractivity contribution in [2.24, 2.45) is 11.0 Å². The summed E-state index contributed by atoms with van der Waals surface area (Å²) in [6, 6.07) is 13.5. The Bertz CT molecular complexity index is 990. The molecule has 4 rings (SSSR count). The summed E-state index contributed by atoms with van der Waals surface area (Å²) >= 11 is 18.6. The van der Waals surface area contributed by atoms with Gasteiger partial charge in [0.25, 0.3) is 0 Å². The van der Waals surface area contributed by atoms with E-state index in [2.05, 4.69) is 29.5 Å². The number of nitrogens with zero attached hydrogens (tertiary/aromatic N) is 3. The zero-order valence-electron chi connectivity index (χ0n) is 18.4. The van der Waals surface area contributed by atoms with Gasteiger partial charge in [0.05, 0.1) is 23.9 Å². The molecule has 0 unspecified atom stereocenters. The van der Waals surface area contributed by atoms with Crippen molar-refractivity contribution in [3.05, 3.63) is 58.1 Å². The van der Waals surface area contributed by atoms with Gasteiger partial charge in [-0.15, -0.1) is 0 Å². The molecule has 8 heteroatoms. The monoisotopic (exact) mass is 490 g/mol. The van der Waals surface area contributed by atoms with Gasteiger partial charge in [-0.25, -0.2) is 5.01 Å². The third-order valence-electron chi connectivity index (χ3n) is 6.10. The van der Waals surface area contributed by atoms with Crippen LogP contribution in [0, 0.1) is 5.92 Å². The van der Waals surface area contributed by atoms with Crippen molar-refractivity contribution < 1.29 is 4.74 Å². The molecular formula is C24H28Cl2N4OS. The lowest BCUT2D eigenvalue weighted by molar-refractivity contribution is 0.248. The number of methoxy groups -OCH3 is 1. The summed E-state index contributed by atoms with van der Waals surface area (Å²) in [4.78, 5) is 0.672. The maximum Gasteiger partial charge on any atom is 0.137 e. The molecule has 0 amide bonds. The van der Waals surface area contributed by atoms with Crippen molar-refractivity contribution in [1.29, 1.82) is 0 Å². The van der Waals surface area contributed by atoms with Crippen LogP contribution in [0.15, 0.2) is 47.6 Å². The largest absolute Gasteiger partial charge is 0.497 e. The van der Waals surface area contributed by atoms with Crippen LogP contribution in [0.2, 0.25) is 10.0 Å². The standard InChI is InChI=1S/C24H28Cl2N4OS/c1-16-22(24(32)28-29-13-5-3-4-6-14-29)27-30(21-12-9-18(25)15-20(21)26)23(16)17-7-10-19(31-2)11-8-17/h7-12,15-16,23H,3-6,13-14H2,1-2H3,(H,28,32)/t16-,23+/m1/s1. The number of hydrazone groups is 1. The fourth-order valence-electron chi connectivity index (χ4n) is 4.37. The Balaban J connectivity index is 1.66. The summed E-state index contributed by atoms with van der Waals surface area (Å²) in [5.74, 6) is 0.872. The molecule has 2 aromatic carbocycles. The Morgan fingerprint density at radius 3 is 2.38 bits per heavy atom. The molecule has 170 valence electrons. The third-order valence-corrected chi connectivity index (χ3v) is 6.93. The molecule has 0 saturated carbocycles. The molecule has 0 aliphatic carbocycles. The van der Waals surface area contributed by atoms with Gasteiger partial charge >= 0.3 is 0 Å². The van der Waals surface area contributed by atoms with E-state index >= 15 is 0 Å². The molecule has 32 heavy (non-hydrogen) atoms. The van der Waals surface area contributed by atoms with E-state index in [-0.39, 0.29) is 12.0 Å². The summed E-state index contributed by atoms with van der Waals surface area (Å²) in [6.07, 6.45) is 4.90. The van der Waals surface area contributed by atoms with E-state index in [0.717, 1.165) is 35.8 Å². The smallest absolute Gasteiger partial charge is 0.137 e. The van der Waals surface area contributed by atoms with Crippen LogP contribution in [0.4, 0.5) is 5.69 Å². The molecule has 2 aromatic rings. The Morgan fingerprint density at radius 2 is 1.75 bits per heavy atom. The van der Waals surface area contributed by atoms with Crippen LogP contribution in [0.3, 0.4) is 0 Å². The number of halogens is 2. The van der Waals surface area contributed by atoms with Gasteiger partial charge in [0.2, 0.25) is 0 Å². The minimum absolute atomic E-state index is 0.0570. The van der Waals surface area contributed by atoms with Crippen LogP contribution < -0.4 is 15.2 Å². The summed E-state index contributed by atoms with van der Waals surface area (Å²) in [6.45, 7) is 4.15. The van der Waals surface area contributed by atoms with Crippen LogP contribution in [-0.2, 0) is 0 Å². The molecule has 0 bridgehead atoms. The Morgan fingerprint density at radius 1 is 1.06 bits per heavy atom. The normalized spacial score (nSPS) is 21.8. The van der Waals surface area contributed by atoms with Gasteiger partial charge in [-0.05, 0) is 48.7 Å². The maximum atomic E-state index is 6.59. The SMILES string of the molecule is COc1ccc([C@@H]2[C@H](C)C(C(=S)NN3CCCCCC3)=NN2c2ccc(Cl)cc2Cl)cc1. The van der Waals surface area contributed by atoms with Gasteiger partial charge in [-0.1, -0.05) is 67.3 Å². The maximum absolute atomic E-state index is 6.59. The van der Waals surface area contributed by atoms with Gasteiger partial charge in [0, 0.05) is 24.0 Å². The first-order valence-corrected chi connectivity index (χ1v) is 12.2. The molecule has 2 aliphatic rings. The van der Waals surface area contributed by atoms with Crippen LogP contribution in [0.1, 0.15) is 44.2 Å². The van der Waals surface area contributed by atoms with Crippen LogP contribution in [0.5, 0.6) is 5.75 Å². The first-order valence-electron chi connectivity index (χ1n) is 11.0. The molecule has 0 spiro atoms. The van der Waals surface area contributed by atoms with E-state index in [1.165, 1.54) is 25.7 Å². The molecule has 2 heterocycles. The lowest BCUT2D eigenvalue weighted by Crippen LogP contribution is -2.45. The zero-order valence-corrected chi connectivity index (χ0v) is 20.7. The van der Waals surface area contributed by atoms with E-state index in [0.29, 0.717) is 15.0 Å². The van der Waals surface area contributed by atoms with Crippen LogP contribution in [-0.4, -0.2) is 35.9 Å². The van der Waals surface area contributed by atoms with Crippen molar-refractivity contribution in [2.75, 3.05) is 25.2 Å². The van der Waals surface area contributed by atoms with E-state index in [4.69, 9.17) is 45.3 Å². The molecule has 0 aromatic heterocycles. The molecular weight excluding hydrogens is 463 g/mol. The minimum Gasteiger partial charge on any atom is -0.497 e. The zero-order chi connectivity index (χ0) is 22.7. The average Bonchev–Trinajstić information content (AvgIpc) is 2.94. The molecule has 2 atom stereocenters. The summed E-state index contributed by atoms with van der Waals surface area (Å²) < 4.78 is 5.34. The average molecular weight is 491 g/mol. The van der Waals surface area contributed by atoms with Crippen molar-refractivity contribution >= 4 is 51.8 Å². The molecule has 1 saturated heterocycles. The number of rotatable bonds is 5. The highest BCUT2D eigenvalue weighted by Gasteiger charge is 2.39. The van der Waals surface area contributed by atoms with Crippen molar-refractivity contribution in [3.8, 4) is 5.75 Å². The second-order valence-corrected chi connectivity index (χ2v) is 9.53. The van der Waals surface area contributed by atoms with E-state index in [1.807, 2.05) is 29.3 Å². The summed E-state index contributed by atoms with van der Waals surface area (Å²) in [5, 5.41) is 10.3. The van der Waals surface area contributed by atoms with Crippen molar-refractivity contribution in [3.63, 3.8) is 0 Å². The van der Waals surface area contributed by atoms with Gasteiger partial charge in [0.15, 0.2) is 0 Å².